The summed E-state index contributed by atoms with van der Waals surface area (Å²) in [7, 11) is 1.66. The Balaban J connectivity index is 0.00000242. The van der Waals surface area contributed by atoms with Crippen LogP contribution < -0.4 is 10.6 Å². The van der Waals surface area contributed by atoms with Gasteiger partial charge in [0.25, 0.3) is 5.91 Å². The highest BCUT2D eigenvalue weighted by Gasteiger charge is 2.32. The molecule has 0 atom stereocenters. The maximum Gasteiger partial charge on any atom is 0.254 e. The highest BCUT2D eigenvalue weighted by Crippen LogP contribution is 2.28. The largest absolute Gasteiger partial charge is 0.384 e. The Bertz CT molecular complexity index is 503. The molecule has 2 rings (SSSR count). The number of methoxy groups -OCH3 is 1. The van der Waals surface area contributed by atoms with Crippen LogP contribution in [0.5, 0.6) is 0 Å². The van der Waals surface area contributed by atoms with Crippen LogP contribution in [0.25, 0.3) is 0 Å². The Morgan fingerprint density at radius 2 is 2.14 bits per heavy atom. The lowest BCUT2D eigenvalue weighted by Crippen LogP contribution is -2.47. The first kappa shape index (κ1) is 19.2. The summed E-state index contributed by atoms with van der Waals surface area (Å²) in [4.78, 5) is 12.1. The molecule has 124 valence electrons. The third-order valence-electron chi connectivity index (χ3n) is 3.91. The van der Waals surface area contributed by atoms with Crippen LogP contribution >= 0.6 is 24.0 Å². The van der Waals surface area contributed by atoms with Gasteiger partial charge in [-0.25, -0.2) is 4.39 Å². The molecule has 0 unspecified atom stereocenters. The van der Waals surface area contributed by atoms with Crippen LogP contribution in [0.15, 0.2) is 18.2 Å². The number of rotatable bonds is 5. The van der Waals surface area contributed by atoms with E-state index in [1.807, 2.05) is 0 Å². The molecule has 22 heavy (non-hydrogen) atoms. The molecule has 1 amide bonds. The molecule has 1 heterocycles. The summed E-state index contributed by atoms with van der Waals surface area (Å²) in [5.41, 5.74) is -0.117. The van der Waals surface area contributed by atoms with Gasteiger partial charge in [-0.2, -0.15) is 0 Å². The van der Waals surface area contributed by atoms with E-state index in [4.69, 9.17) is 16.3 Å². The number of nitrogens with one attached hydrogen (secondary N) is 2. The van der Waals surface area contributed by atoms with E-state index >= 15 is 0 Å². The third-order valence-corrected chi connectivity index (χ3v) is 4.15. The summed E-state index contributed by atoms with van der Waals surface area (Å²) in [6, 6.07) is 3.97. The second-order valence-corrected chi connectivity index (χ2v) is 5.93. The van der Waals surface area contributed by atoms with E-state index in [9.17, 15) is 9.18 Å². The molecule has 1 aliphatic rings. The van der Waals surface area contributed by atoms with E-state index in [2.05, 4.69) is 10.6 Å². The predicted octanol–water partition coefficient (Wildman–Crippen LogP) is 2.65. The van der Waals surface area contributed by atoms with Gasteiger partial charge in [0.2, 0.25) is 0 Å². The molecule has 1 aromatic rings. The standard InChI is InChI=1S/C15H20ClFN2O2.ClH/c1-21-10-15(4-6-18-7-5-15)9-19-14(20)12-8-11(16)2-3-13(12)17;/h2-3,8,18H,4-7,9-10H2,1H3,(H,19,20);1H. The fourth-order valence-electron chi connectivity index (χ4n) is 2.67. The molecular formula is C15H21Cl2FN2O2. The molecule has 0 spiro atoms. The van der Waals surface area contributed by atoms with Crippen molar-refractivity contribution in [2.75, 3.05) is 33.4 Å². The summed E-state index contributed by atoms with van der Waals surface area (Å²) in [6.45, 7) is 2.83. The minimum atomic E-state index is -0.567. The number of carbonyl (C=O) groups is 1. The van der Waals surface area contributed by atoms with Crippen molar-refractivity contribution in [3.05, 3.63) is 34.6 Å². The Kier molecular flexibility index (Phi) is 7.56. The van der Waals surface area contributed by atoms with Crippen LogP contribution in [0.4, 0.5) is 4.39 Å². The molecule has 4 nitrogen and oxygen atoms in total. The zero-order valence-corrected chi connectivity index (χ0v) is 14.0. The number of halogens is 3. The summed E-state index contributed by atoms with van der Waals surface area (Å²) in [5, 5.41) is 6.45. The first-order chi connectivity index (χ1) is 10.1. The lowest BCUT2D eigenvalue weighted by Gasteiger charge is -2.37. The summed E-state index contributed by atoms with van der Waals surface area (Å²) >= 11 is 5.81. The minimum absolute atomic E-state index is 0. The van der Waals surface area contributed by atoms with Gasteiger partial charge in [0.1, 0.15) is 5.82 Å². The molecule has 0 saturated carbocycles. The Hall–Kier alpha value is -0.880. The lowest BCUT2D eigenvalue weighted by molar-refractivity contribution is 0.0511. The van der Waals surface area contributed by atoms with Gasteiger partial charge >= 0.3 is 0 Å². The third kappa shape index (κ3) is 4.81. The SMILES string of the molecule is COCC1(CNC(=O)c2cc(Cl)ccc2F)CCNCC1.Cl. The first-order valence-corrected chi connectivity index (χ1v) is 7.37. The van der Waals surface area contributed by atoms with Gasteiger partial charge in [-0.05, 0) is 44.1 Å². The van der Waals surface area contributed by atoms with Crippen molar-refractivity contribution in [2.24, 2.45) is 5.41 Å². The zero-order valence-electron chi connectivity index (χ0n) is 12.5. The van der Waals surface area contributed by atoms with Crippen molar-refractivity contribution in [2.45, 2.75) is 12.8 Å². The Labute approximate surface area is 141 Å². The van der Waals surface area contributed by atoms with Gasteiger partial charge in [-0.1, -0.05) is 11.6 Å². The number of hydrogen-bond donors (Lipinski definition) is 2. The zero-order chi connectivity index (χ0) is 15.3. The van der Waals surface area contributed by atoms with Crippen LogP contribution in [-0.4, -0.2) is 39.3 Å². The van der Waals surface area contributed by atoms with E-state index in [0.717, 1.165) is 25.9 Å². The molecule has 0 bridgehead atoms. The van der Waals surface area contributed by atoms with Crippen LogP contribution in [0.2, 0.25) is 5.02 Å². The molecule has 0 aromatic heterocycles. The lowest BCUT2D eigenvalue weighted by atomic mass is 9.79. The number of carbonyl (C=O) groups excluding carboxylic acids is 1. The molecule has 1 saturated heterocycles. The average Bonchev–Trinajstić information content (AvgIpc) is 2.49. The number of ether oxygens (including phenoxy) is 1. The number of amides is 1. The topological polar surface area (TPSA) is 50.4 Å². The molecule has 1 aromatic carbocycles. The second kappa shape index (κ2) is 8.67. The number of hydrogen-bond acceptors (Lipinski definition) is 3. The van der Waals surface area contributed by atoms with Gasteiger partial charge in [-0.15, -0.1) is 12.4 Å². The molecular weight excluding hydrogens is 330 g/mol. The van der Waals surface area contributed by atoms with Crippen molar-refractivity contribution in [3.8, 4) is 0 Å². The average molecular weight is 351 g/mol. The van der Waals surface area contributed by atoms with Crippen molar-refractivity contribution < 1.29 is 13.9 Å². The van der Waals surface area contributed by atoms with Gasteiger partial charge in [0, 0.05) is 24.1 Å². The van der Waals surface area contributed by atoms with Crippen LogP contribution in [0, 0.1) is 11.2 Å². The van der Waals surface area contributed by atoms with Gasteiger partial charge in [-0.3, -0.25) is 4.79 Å². The summed E-state index contributed by atoms with van der Waals surface area (Å²) in [6.07, 6.45) is 1.83. The maximum atomic E-state index is 13.7. The fraction of sp³-hybridized carbons (Fsp3) is 0.533. The first-order valence-electron chi connectivity index (χ1n) is 6.99. The monoisotopic (exact) mass is 350 g/mol. The van der Waals surface area contributed by atoms with Crippen LogP contribution in [-0.2, 0) is 4.74 Å². The van der Waals surface area contributed by atoms with E-state index < -0.39 is 11.7 Å². The van der Waals surface area contributed by atoms with E-state index in [1.54, 1.807) is 7.11 Å². The summed E-state index contributed by atoms with van der Waals surface area (Å²) < 4.78 is 19.0. The molecule has 0 aliphatic carbocycles. The highest BCUT2D eigenvalue weighted by atomic mass is 35.5. The predicted molar refractivity (Wildman–Crippen MR) is 87.4 cm³/mol. The Morgan fingerprint density at radius 3 is 2.77 bits per heavy atom. The molecule has 1 fully saturated rings. The van der Waals surface area contributed by atoms with Crippen LogP contribution in [0.1, 0.15) is 23.2 Å². The molecule has 0 radical (unpaired) electrons. The Morgan fingerprint density at radius 1 is 1.45 bits per heavy atom. The van der Waals surface area contributed by atoms with E-state index in [0.29, 0.717) is 18.2 Å². The second-order valence-electron chi connectivity index (χ2n) is 5.49. The smallest absolute Gasteiger partial charge is 0.254 e. The minimum Gasteiger partial charge on any atom is -0.384 e. The van der Waals surface area contributed by atoms with Gasteiger partial charge < -0.3 is 15.4 Å². The van der Waals surface area contributed by atoms with Crippen molar-refractivity contribution in [1.82, 2.24) is 10.6 Å². The van der Waals surface area contributed by atoms with E-state index in [1.165, 1.54) is 18.2 Å². The van der Waals surface area contributed by atoms with E-state index in [-0.39, 0.29) is 23.4 Å². The van der Waals surface area contributed by atoms with Crippen molar-refractivity contribution >= 4 is 29.9 Å². The molecule has 1 aliphatic heterocycles. The fourth-order valence-corrected chi connectivity index (χ4v) is 2.84. The summed E-state index contributed by atoms with van der Waals surface area (Å²) in [5.74, 6) is -1.01. The van der Waals surface area contributed by atoms with Gasteiger partial charge in [0.05, 0.1) is 12.2 Å². The molecule has 2 N–H and O–H groups in total. The van der Waals surface area contributed by atoms with Gasteiger partial charge in [0.15, 0.2) is 0 Å². The quantitative estimate of drug-likeness (QED) is 0.858. The molecule has 7 heteroatoms. The number of benzene rings is 1. The van der Waals surface area contributed by atoms with Crippen molar-refractivity contribution in [3.63, 3.8) is 0 Å². The highest BCUT2D eigenvalue weighted by molar-refractivity contribution is 6.31. The number of piperidine rings is 1. The van der Waals surface area contributed by atoms with Crippen molar-refractivity contribution in [1.29, 1.82) is 0 Å². The normalized spacial score (nSPS) is 16.7. The van der Waals surface area contributed by atoms with Crippen LogP contribution in [0.3, 0.4) is 0 Å². The maximum absolute atomic E-state index is 13.7.